The molecule has 4 rings (SSSR count). The second-order valence-electron chi connectivity index (χ2n) is 8.56. The van der Waals surface area contributed by atoms with Crippen LogP contribution >= 0.6 is 11.6 Å². The van der Waals surface area contributed by atoms with E-state index < -0.39 is 0 Å². The lowest BCUT2D eigenvalue weighted by Gasteiger charge is -2.46. The van der Waals surface area contributed by atoms with Crippen molar-refractivity contribution in [3.05, 3.63) is 28.3 Å². The lowest BCUT2D eigenvalue weighted by atomic mass is 9.81. The summed E-state index contributed by atoms with van der Waals surface area (Å²) >= 11 is 6.37. The quantitative estimate of drug-likeness (QED) is 0.826. The number of carbonyl (C=O) groups is 2. The molecule has 3 unspecified atom stereocenters. The first-order valence-electron chi connectivity index (χ1n) is 10.5. The molecule has 3 aliphatic rings. The van der Waals surface area contributed by atoms with E-state index in [2.05, 4.69) is 24.2 Å². The Bertz CT molecular complexity index is 763. The first-order chi connectivity index (χ1) is 13.5. The van der Waals surface area contributed by atoms with Crippen molar-refractivity contribution in [1.29, 1.82) is 0 Å². The molecule has 0 aliphatic carbocycles. The maximum atomic E-state index is 13.1. The van der Waals surface area contributed by atoms with E-state index in [1.165, 1.54) is 0 Å². The van der Waals surface area contributed by atoms with Gasteiger partial charge in [-0.25, -0.2) is 0 Å². The molecule has 152 valence electrons. The maximum absolute atomic E-state index is 13.1. The first-order valence-corrected chi connectivity index (χ1v) is 10.8. The number of halogens is 1. The van der Waals surface area contributed by atoms with E-state index in [1.807, 2.05) is 6.07 Å². The zero-order valence-electron chi connectivity index (χ0n) is 16.7. The molecule has 3 atom stereocenters. The third kappa shape index (κ3) is 3.79. The van der Waals surface area contributed by atoms with Crippen molar-refractivity contribution in [2.45, 2.75) is 75.9 Å². The van der Waals surface area contributed by atoms with Crippen LogP contribution in [0.5, 0.6) is 5.75 Å². The van der Waals surface area contributed by atoms with Crippen LogP contribution in [-0.4, -0.2) is 48.4 Å². The molecule has 5 nitrogen and oxygen atoms in total. The van der Waals surface area contributed by atoms with Crippen LogP contribution in [-0.2, 0) is 4.79 Å². The monoisotopic (exact) mass is 404 g/mol. The number of hydrogen-bond donors (Lipinski definition) is 1. The average molecular weight is 405 g/mol. The van der Waals surface area contributed by atoms with Gasteiger partial charge in [-0.05, 0) is 56.3 Å². The Morgan fingerprint density at radius 1 is 1.29 bits per heavy atom. The minimum atomic E-state index is -0.116. The highest BCUT2D eigenvalue weighted by molar-refractivity contribution is 6.31. The predicted molar refractivity (Wildman–Crippen MR) is 109 cm³/mol. The van der Waals surface area contributed by atoms with Crippen molar-refractivity contribution >= 4 is 23.3 Å². The van der Waals surface area contributed by atoms with E-state index >= 15 is 0 Å². The van der Waals surface area contributed by atoms with Gasteiger partial charge in [0.1, 0.15) is 11.5 Å². The van der Waals surface area contributed by atoms with Gasteiger partial charge < -0.3 is 10.1 Å². The molecular weight excluding hydrogens is 376 g/mol. The van der Waals surface area contributed by atoms with Gasteiger partial charge in [0.2, 0.25) is 0 Å². The van der Waals surface area contributed by atoms with Gasteiger partial charge in [-0.1, -0.05) is 24.9 Å². The number of nitrogens with one attached hydrogen (secondary N) is 1. The van der Waals surface area contributed by atoms with E-state index in [0.29, 0.717) is 47.5 Å². The Balaban J connectivity index is 1.54. The number of benzene rings is 1. The molecule has 1 N–H and O–H groups in total. The Morgan fingerprint density at radius 3 is 2.68 bits per heavy atom. The summed E-state index contributed by atoms with van der Waals surface area (Å²) in [5, 5.41) is 3.79. The summed E-state index contributed by atoms with van der Waals surface area (Å²) in [4.78, 5) is 27.4. The Morgan fingerprint density at radius 2 is 2.00 bits per heavy atom. The zero-order chi connectivity index (χ0) is 19.8. The van der Waals surface area contributed by atoms with Crippen molar-refractivity contribution in [2.24, 2.45) is 0 Å². The first kappa shape index (κ1) is 19.7. The summed E-state index contributed by atoms with van der Waals surface area (Å²) in [6.45, 7) is 2.81. The molecule has 0 saturated carbocycles. The number of fused-ring (bicyclic) bond motifs is 3. The van der Waals surface area contributed by atoms with E-state index in [9.17, 15) is 9.59 Å². The second kappa shape index (κ2) is 8.03. The highest BCUT2D eigenvalue weighted by Crippen LogP contribution is 2.41. The minimum Gasteiger partial charge on any atom is -0.492 e. The van der Waals surface area contributed by atoms with Gasteiger partial charge in [0.15, 0.2) is 0 Å². The summed E-state index contributed by atoms with van der Waals surface area (Å²) in [5.74, 6) is 1.33. The largest absolute Gasteiger partial charge is 0.492 e. The van der Waals surface area contributed by atoms with Crippen molar-refractivity contribution in [3.63, 3.8) is 0 Å². The van der Waals surface area contributed by atoms with Crippen LogP contribution in [0, 0.1) is 0 Å². The van der Waals surface area contributed by atoms with Crippen molar-refractivity contribution in [3.8, 4) is 5.75 Å². The SMILES string of the molecule is CCCC1CCOc2c(C(=O)NC3CC4CC(=O)CC(C3)N4C)cc(Cl)cc21. The third-order valence-electron chi connectivity index (χ3n) is 6.64. The highest BCUT2D eigenvalue weighted by Gasteiger charge is 2.40. The van der Waals surface area contributed by atoms with Gasteiger partial charge in [0.05, 0.1) is 12.2 Å². The fourth-order valence-electron chi connectivity index (χ4n) is 5.18. The third-order valence-corrected chi connectivity index (χ3v) is 6.86. The lowest BCUT2D eigenvalue weighted by molar-refractivity contribution is -0.126. The smallest absolute Gasteiger partial charge is 0.255 e. The van der Waals surface area contributed by atoms with E-state index in [4.69, 9.17) is 16.3 Å². The number of piperidine rings is 2. The Hall–Kier alpha value is -1.59. The van der Waals surface area contributed by atoms with Crippen LogP contribution in [0.25, 0.3) is 0 Å². The molecule has 1 aromatic rings. The fourth-order valence-corrected chi connectivity index (χ4v) is 5.41. The van der Waals surface area contributed by atoms with Crippen molar-refractivity contribution in [1.82, 2.24) is 10.2 Å². The highest BCUT2D eigenvalue weighted by atomic mass is 35.5. The van der Waals surface area contributed by atoms with Crippen LogP contribution in [0.3, 0.4) is 0 Å². The standard InChI is InChI=1S/C22H29ClN2O3/c1-3-4-13-5-6-28-21-19(13)7-14(23)8-20(21)22(27)24-15-9-16-11-18(26)12-17(10-15)25(16)2/h7-8,13,15-17H,3-6,9-12H2,1-2H3,(H,24,27). The van der Waals surface area contributed by atoms with Crippen molar-refractivity contribution < 1.29 is 14.3 Å². The topological polar surface area (TPSA) is 58.6 Å². The Kier molecular flexibility index (Phi) is 5.66. The number of ketones is 1. The summed E-state index contributed by atoms with van der Waals surface area (Å²) in [5.41, 5.74) is 1.61. The predicted octanol–water partition coefficient (Wildman–Crippen LogP) is 3.93. The van der Waals surface area contributed by atoms with Crippen LogP contribution in [0.4, 0.5) is 0 Å². The second-order valence-corrected chi connectivity index (χ2v) is 8.99. The number of Topliss-reactive ketones (excluding diaryl/α,β-unsaturated/α-hetero) is 1. The van der Waals surface area contributed by atoms with Gasteiger partial charge in [0, 0.05) is 36.0 Å². The van der Waals surface area contributed by atoms with Gasteiger partial charge >= 0.3 is 0 Å². The fraction of sp³-hybridized carbons (Fsp3) is 0.636. The Labute approximate surface area is 171 Å². The zero-order valence-corrected chi connectivity index (χ0v) is 17.4. The van der Waals surface area contributed by atoms with Gasteiger partial charge in [0.25, 0.3) is 5.91 Å². The lowest BCUT2D eigenvalue weighted by Crippen LogP contribution is -2.57. The van der Waals surface area contributed by atoms with Crippen LogP contribution in [0.1, 0.15) is 73.7 Å². The number of rotatable bonds is 4. The van der Waals surface area contributed by atoms with Crippen molar-refractivity contribution in [2.75, 3.05) is 13.7 Å². The summed E-state index contributed by atoms with van der Waals surface area (Å²) in [6.07, 6.45) is 5.94. The summed E-state index contributed by atoms with van der Waals surface area (Å²) < 4.78 is 5.93. The minimum absolute atomic E-state index is 0.0801. The number of amides is 1. The number of carbonyl (C=O) groups excluding carboxylic acids is 2. The molecule has 0 radical (unpaired) electrons. The maximum Gasteiger partial charge on any atom is 0.255 e. The number of hydrogen-bond acceptors (Lipinski definition) is 4. The molecule has 2 fully saturated rings. The molecule has 2 saturated heterocycles. The summed E-state index contributed by atoms with van der Waals surface area (Å²) in [7, 11) is 2.09. The normalized spacial score (nSPS) is 29.8. The van der Waals surface area contributed by atoms with Gasteiger partial charge in [-0.15, -0.1) is 0 Å². The molecule has 0 aromatic heterocycles. The molecule has 28 heavy (non-hydrogen) atoms. The molecule has 0 spiro atoms. The molecule has 3 heterocycles. The average Bonchev–Trinajstić information content (AvgIpc) is 2.63. The molecule has 1 aromatic carbocycles. The number of nitrogens with zero attached hydrogens (tertiary/aromatic N) is 1. The van der Waals surface area contributed by atoms with Crippen LogP contribution in [0.2, 0.25) is 5.02 Å². The molecule has 2 bridgehead atoms. The molecule has 6 heteroatoms. The molecule has 1 amide bonds. The van der Waals surface area contributed by atoms with E-state index in [0.717, 1.165) is 37.7 Å². The number of ether oxygens (including phenoxy) is 1. The molecule has 3 aliphatic heterocycles. The summed E-state index contributed by atoms with van der Waals surface area (Å²) in [6, 6.07) is 4.21. The van der Waals surface area contributed by atoms with Crippen LogP contribution < -0.4 is 10.1 Å². The van der Waals surface area contributed by atoms with Gasteiger partial charge in [-0.2, -0.15) is 0 Å². The van der Waals surface area contributed by atoms with Gasteiger partial charge in [-0.3, -0.25) is 14.5 Å². The molecular formula is C22H29ClN2O3. The van der Waals surface area contributed by atoms with E-state index in [-0.39, 0.29) is 24.0 Å². The van der Waals surface area contributed by atoms with Crippen LogP contribution in [0.15, 0.2) is 12.1 Å². The van der Waals surface area contributed by atoms with E-state index in [1.54, 1.807) is 6.07 Å².